The maximum Gasteiger partial charge on any atom is 0.356 e. The molecule has 1 aromatic carbocycles. The fraction of sp³-hybridized carbons (Fsp3) is 0.278. The van der Waals surface area contributed by atoms with Crippen LogP contribution in [0.1, 0.15) is 25.0 Å². The number of benzene rings is 1. The van der Waals surface area contributed by atoms with Crippen molar-refractivity contribution in [1.29, 1.82) is 0 Å². The molecule has 1 aromatic heterocycles. The number of aromatic nitrogens is 1. The smallest absolute Gasteiger partial charge is 0.339 e. The van der Waals surface area contributed by atoms with Gasteiger partial charge in [0.2, 0.25) is 0 Å². The van der Waals surface area contributed by atoms with Gasteiger partial charge in [0.05, 0.1) is 24.7 Å². The van der Waals surface area contributed by atoms with Crippen molar-refractivity contribution in [2.45, 2.75) is 20.8 Å². The van der Waals surface area contributed by atoms with Gasteiger partial charge in [0, 0.05) is 6.20 Å². The van der Waals surface area contributed by atoms with Crippen molar-refractivity contribution in [2.24, 2.45) is 0 Å². The van der Waals surface area contributed by atoms with Crippen molar-refractivity contribution in [1.82, 2.24) is 4.98 Å². The Labute approximate surface area is 143 Å². The number of aryl methyl sites for hydroxylation is 1. The molecule has 1 heterocycles. The number of pyridine rings is 1. The molecule has 0 aliphatic rings. The number of nitrogens with one attached hydrogen (secondary N) is 1. The zero-order chi connectivity index (χ0) is 17.4. The molecule has 0 atom stereocenters. The molecule has 128 valence electrons. The lowest BCUT2D eigenvalue weighted by molar-refractivity contribution is 0.229. The zero-order valence-corrected chi connectivity index (χ0v) is 15.1. The summed E-state index contributed by atoms with van der Waals surface area (Å²) in [4.78, 5) is 4.26. The first-order valence-corrected chi connectivity index (χ1v) is 9.54. The summed E-state index contributed by atoms with van der Waals surface area (Å²) < 4.78 is 23.6. The molecule has 0 saturated heterocycles. The maximum absolute atomic E-state index is 12.9. The van der Waals surface area contributed by atoms with E-state index in [-0.39, 0.29) is 0 Å². The molecule has 0 unspecified atom stereocenters. The molecule has 6 heteroatoms. The Morgan fingerprint density at radius 2 is 1.79 bits per heavy atom. The highest BCUT2D eigenvalue weighted by molar-refractivity contribution is 7.57. The standard InChI is InChI=1S/C18H23N2O3P/c1-4-22-24(21,23-5-2)14-17(16-11-9-15(3)10-12-16)20-18-8-6-7-13-19-18/h6-14H,4-5H2,1-3H3,(H,19,20)/b17-14-. The van der Waals surface area contributed by atoms with Crippen LogP contribution in [0.4, 0.5) is 5.82 Å². The van der Waals surface area contributed by atoms with E-state index >= 15 is 0 Å². The molecule has 5 nitrogen and oxygen atoms in total. The summed E-state index contributed by atoms with van der Waals surface area (Å²) in [6, 6.07) is 13.5. The fourth-order valence-electron chi connectivity index (χ4n) is 2.12. The first-order valence-electron chi connectivity index (χ1n) is 7.93. The Balaban J connectivity index is 2.42. The highest BCUT2D eigenvalue weighted by Crippen LogP contribution is 2.51. The van der Waals surface area contributed by atoms with Crippen LogP contribution in [0.3, 0.4) is 0 Å². The third-order valence-corrected chi connectivity index (χ3v) is 5.01. The van der Waals surface area contributed by atoms with Gasteiger partial charge in [-0.2, -0.15) is 0 Å². The summed E-state index contributed by atoms with van der Waals surface area (Å²) in [5, 5.41) is 3.21. The van der Waals surface area contributed by atoms with E-state index in [1.807, 2.05) is 49.4 Å². The van der Waals surface area contributed by atoms with Gasteiger partial charge in [0.25, 0.3) is 0 Å². The van der Waals surface area contributed by atoms with E-state index in [1.165, 1.54) is 5.82 Å². The van der Waals surface area contributed by atoms with Crippen molar-refractivity contribution < 1.29 is 13.6 Å². The van der Waals surface area contributed by atoms with Crippen molar-refractivity contribution in [3.8, 4) is 0 Å². The Morgan fingerprint density at radius 3 is 2.33 bits per heavy atom. The second-order valence-corrected chi connectivity index (χ2v) is 6.98. The SMILES string of the molecule is CCOP(=O)(/C=C(\Nc1ccccn1)c1ccc(C)cc1)OCC. The number of hydrogen-bond acceptors (Lipinski definition) is 5. The number of anilines is 1. The lowest BCUT2D eigenvalue weighted by Crippen LogP contribution is -2.02. The average Bonchev–Trinajstić information content (AvgIpc) is 2.56. The minimum absolute atomic E-state index is 0.304. The molecule has 0 aliphatic carbocycles. The summed E-state index contributed by atoms with van der Waals surface area (Å²) in [5.41, 5.74) is 2.67. The number of hydrogen-bond donors (Lipinski definition) is 1. The van der Waals surface area contributed by atoms with Crippen LogP contribution in [-0.2, 0) is 13.6 Å². The average molecular weight is 346 g/mol. The van der Waals surface area contributed by atoms with Crippen molar-refractivity contribution in [3.05, 3.63) is 65.6 Å². The molecule has 0 fully saturated rings. The first-order chi connectivity index (χ1) is 11.6. The third-order valence-electron chi connectivity index (χ3n) is 3.20. The van der Waals surface area contributed by atoms with Gasteiger partial charge in [0.15, 0.2) is 0 Å². The lowest BCUT2D eigenvalue weighted by Gasteiger charge is -2.17. The second kappa shape index (κ2) is 8.78. The molecule has 2 aromatic rings. The van der Waals surface area contributed by atoms with Crippen molar-refractivity contribution in [3.63, 3.8) is 0 Å². The Kier molecular flexibility index (Phi) is 6.73. The molecule has 24 heavy (non-hydrogen) atoms. The zero-order valence-electron chi connectivity index (χ0n) is 14.2. The monoisotopic (exact) mass is 346 g/mol. The van der Waals surface area contributed by atoms with Crippen LogP contribution in [0.2, 0.25) is 0 Å². The van der Waals surface area contributed by atoms with Crippen LogP contribution in [0, 0.1) is 6.92 Å². The molecule has 0 radical (unpaired) electrons. The molecule has 0 amide bonds. The molecule has 0 spiro atoms. The summed E-state index contributed by atoms with van der Waals surface area (Å²) in [7, 11) is -3.34. The van der Waals surface area contributed by atoms with Gasteiger partial charge in [-0.25, -0.2) is 4.98 Å². The summed E-state index contributed by atoms with van der Waals surface area (Å²) in [5.74, 6) is 2.18. The topological polar surface area (TPSA) is 60.5 Å². The van der Waals surface area contributed by atoms with E-state index in [4.69, 9.17) is 9.05 Å². The van der Waals surface area contributed by atoms with Gasteiger partial charge >= 0.3 is 7.60 Å². The van der Waals surface area contributed by atoms with Gasteiger partial charge in [-0.1, -0.05) is 35.9 Å². The lowest BCUT2D eigenvalue weighted by atomic mass is 10.1. The van der Waals surface area contributed by atoms with Crippen molar-refractivity contribution in [2.75, 3.05) is 18.5 Å². The largest absolute Gasteiger partial charge is 0.356 e. The van der Waals surface area contributed by atoms with E-state index in [9.17, 15) is 4.57 Å². The fourth-order valence-corrected chi connectivity index (χ4v) is 3.59. The van der Waals surface area contributed by atoms with Gasteiger partial charge < -0.3 is 14.4 Å². The first kappa shape index (κ1) is 18.4. The summed E-state index contributed by atoms with van der Waals surface area (Å²) in [6.07, 6.45) is 1.69. The van der Waals surface area contributed by atoms with E-state index in [2.05, 4.69) is 10.3 Å². The molecule has 0 saturated carbocycles. The molecule has 0 bridgehead atoms. The molecule has 1 N–H and O–H groups in total. The third kappa shape index (κ3) is 5.31. The number of nitrogens with zero attached hydrogens (tertiary/aromatic N) is 1. The Hall–Kier alpha value is -1.94. The van der Waals surface area contributed by atoms with E-state index < -0.39 is 7.60 Å². The minimum Gasteiger partial charge on any atom is -0.339 e. The predicted molar refractivity (Wildman–Crippen MR) is 97.9 cm³/mol. The van der Waals surface area contributed by atoms with Crippen LogP contribution in [0.25, 0.3) is 5.70 Å². The maximum atomic E-state index is 12.9. The molecule has 2 rings (SSSR count). The highest BCUT2D eigenvalue weighted by atomic mass is 31.2. The van der Waals surface area contributed by atoms with Crippen LogP contribution in [0.5, 0.6) is 0 Å². The highest BCUT2D eigenvalue weighted by Gasteiger charge is 2.22. The normalized spacial score (nSPS) is 12.2. The molecule has 0 aliphatic heterocycles. The summed E-state index contributed by atoms with van der Waals surface area (Å²) >= 11 is 0. The molecular formula is C18H23N2O3P. The van der Waals surface area contributed by atoms with E-state index in [0.29, 0.717) is 24.7 Å². The predicted octanol–water partition coefficient (Wildman–Crippen LogP) is 5.07. The quantitative estimate of drug-likeness (QED) is 0.677. The van der Waals surface area contributed by atoms with E-state index in [1.54, 1.807) is 20.0 Å². The van der Waals surface area contributed by atoms with E-state index in [0.717, 1.165) is 11.1 Å². The van der Waals surface area contributed by atoms with Crippen LogP contribution >= 0.6 is 7.60 Å². The van der Waals surface area contributed by atoms with Gasteiger partial charge in [-0.15, -0.1) is 0 Å². The Bertz CT molecular complexity index is 705. The van der Waals surface area contributed by atoms with Gasteiger partial charge in [0.1, 0.15) is 5.82 Å². The van der Waals surface area contributed by atoms with Crippen LogP contribution < -0.4 is 5.32 Å². The minimum atomic E-state index is -3.34. The van der Waals surface area contributed by atoms with Crippen LogP contribution in [-0.4, -0.2) is 18.2 Å². The second-order valence-electron chi connectivity index (χ2n) is 5.12. The van der Waals surface area contributed by atoms with Gasteiger partial charge in [-0.3, -0.25) is 4.57 Å². The number of rotatable bonds is 8. The Morgan fingerprint density at radius 1 is 1.12 bits per heavy atom. The molecular weight excluding hydrogens is 323 g/mol. The van der Waals surface area contributed by atoms with Crippen molar-refractivity contribution >= 4 is 19.1 Å². The van der Waals surface area contributed by atoms with Gasteiger partial charge in [-0.05, 0) is 38.5 Å². The van der Waals surface area contributed by atoms with Crippen LogP contribution in [0.15, 0.2) is 54.5 Å². The summed E-state index contributed by atoms with van der Waals surface area (Å²) in [6.45, 7) is 6.20.